The number of unbranched alkanes of at least 4 members (excludes halogenated alkanes) is 1. The SMILES string of the molecule is C/C=C\C=C\CC/C=C/C(=O)NC(C)C. The standard InChI is InChI=1S/C13H21NO/c1-4-5-6-7-8-9-10-11-13(15)14-12(2)3/h4-7,10-12H,8-9H2,1-3H3,(H,14,15)/b5-4-,7-6+,11-10+. The van der Waals surface area contributed by atoms with Crippen molar-refractivity contribution in [2.24, 2.45) is 0 Å². The van der Waals surface area contributed by atoms with E-state index in [-0.39, 0.29) is 11.9 Å². The fraction of sp³-hybridized carbons (Fsp3) is 0.462. The van der Waals surface area contributed by atoms with Crippen molar-refractivity contribution in [1.82, 2.24) is 5.32 Å². The van der Waals surface area contributed by atoms with Crippen molar-refractivity contribution in [2.45, 2.75) is 39.7 Å². The van der Waals surface area contributed by atoms with Gasteiger partial charge >= 0.3 is 0 Å². The van der Waals surface area contributed by atoms with E-state index in [1.165, 1.54) is 0 Å². The van der Waals surface area contributed by atoms with E-state index in [4.69, 9.17) is 0 Å². The number of nitrogens with one attached hydrogen (secondary N) is 1. The smallest absolute Gasteiger partial charge is 0.243 e. The predicted octanol–water partition coefficient (Wildman–Crippen LogP) is 2.98. The Morgan fingerprint density at radius 3 is 2.47 bits per heavy atom. The van der Waals surface area contributed by atoms with Gasteiger partial charge in [0, 0.05) is 6.04 Å². The Hall–Kier alpha value is -1.31. The maximum atomic E-state index is 11.2. The van der Waals surface area contributed by atoms with Crippen LogP contribution in [0.5, 0.6) is 0 Å². The summed E-state index contributed by atoms with van der Waals surface area (Å²) in [6.07, 6.45) is 13.5. The van der Waals surface area contributed by atoms with Gasteiger partial charge in [0.2, 0.25) is 5.91 Å². The number of amides is 1. The van der Waals surface area contributed by atoms with Crippen molar-refractivity contribution in [3.63, 3.8) is 0 Å². The van der Waals surface area contributed by atoms with Crippen LogP contribution < -0.4 is 5.32 Å². The first-order chi connectivity index (χ1) is 7.16. The van der Waals surface area contributed by atoms with Crippen molar-refractivity contribution in [3.8, 4) is 0 Å². The molecule has 0 aromatic rings. The first-order valence-electron chi connectivity index (χ1n) is 5.41. The van der Waals surface area contributed by atoms with E-state index in [2.05, 4.69) is 11.4 Å². The van der Waals surface area contributed by atoms with Crippen molar-refractivity contribution in [3.05, 3.63) is 36.5 Å². The van der Waals surface area contributed by atoms with Gasteiger partial charge in [0.15, 0.2) is 0 Å². The maximum absolute atomic E-state index is 11.2. The second kappa shape index (κ2) is 9.25. The number of rotatable bonds is 6. The van der Waals surface area contributed by atoms with E-state index in [1.54, 1.807) is 6.08 Å². The molecule has 0 rings (SSSR count). The largest absolute Gasteiger partial charge is 0.350 e. The zero-order valence-corrected chi connectivity index (χ0v) is 9.86. The van der Waals surface area contributed by atoms with Gasteiger partial charge in [0.25, 0.3) is 0 Å². The summed E-state index contributed by atoms with van der Waals surface area (Å²) >= 11 is 0. The molecule has 0 aliphatic rings. The third-order valence-electron chi connectivity index (χ3n) is 1.64. The van der Waals surface area contributed by atoms with Gasteiger partial charge in [-0.2, -0.15) is 0 Å². The van der Waals surface area contributed by atoms with Gasteiger partial charge in [0.1, 0.15) is 0 Å². The lowest BCUT2D eigenvalue weighted by Crippen LogP contribution is -2.28. The molecule has 0 spiro atoms. The summed E-state index contributed by atoms with van der Waals surface area (Å²) in [6, 6.07) is 0.205. The molecule has 0 aromatic carbocycles. The van der Waals surface area contributed by atoms with Gasteiger partial charge in [-0.1, -0.05) is 30.4 Å². The molecule has 0 fully saturated rings. The maximum Gasteiger partial charge on any atom is 0.243 e. The summed E-state index contributed by atoms with van der Waals surface area (Å²) < 4.78 is 0. The molecule has 15 heavy (non-hydrogen) atoms. The summed E-state index contributed by atoms with van der Waals surface area (Å²) in [6.45, 7) is 5.89. The van der Waals surface area contributed by atoms with E-state index in [1.807, 2.05) is 45.1 Å². The molecule has 84 valence electrons. The summed E-state index contributed by atoms with van der Waals surface area (Å²) in [4.78, 5) is 11.2. The first kappa shape index (κ1) is 13.7. The minimum absolute atomic E-state index is 0.0116. The molecule has 0 unspecified atom stereocenters. The van der Waals surface area contributed by atoms with Crippen molar-refractivity contribution in [2.75, 3.05) is 0 Å². The predicted molar refractivity (Wildman–Crippen MR) is 65.6 cm³/mol. The zero-order valence-electron chi connectivity index (χ0n) is 9.86. The molecule has 2 heteroatoms. The average Bonchev–Trinajstić information content (AvgIpc) is 2.15. The van der Waals surface area contributed by atoms with Crippen LogP contribution in [-0.4, -0.2) is 11.9 Å². The molecule has 0 atom stereocenters. The van der Waals surface area contributed by atoms with Crippen LogP contribution in [0.3, 0.4) is 0 Å². The number of hydrogen-bond acceptors (Lipinski definition) is 1. The Morgan fingerprint density at radius 2 is 1.87 bits per heavy atom. The second-order valence-corrected chi connectivity index (χ2v) is 3.60. The van der Waals surface area contributed by atoms with Gasteiger partial charge in [-0.05, 0) is 39.7 Å². The molecular formula is C13H21NO. The van der Waals surface area contributed by atoms with Gasteiger partial charge in [-0.15, -0.1) is 0 Å². The third kappa shape index (κ3) is 10.6. The first-order valence-corrected chi connectivity index (χ1v) is 5.41. The Morgan fingerprint density at radius 1 is 1.20 bits per heavy atom. The van der Waals surface area contributed by atoms with Crippen LogP contribution in [0.1, 0.15) is 33.6 Å². The molecule has 0 radical (unpaired) electrons. The van der Waals surface area contributed by atoms with Gasteiger partial charge in [-0.3, -0.25) is 4.79 Å². The highest BCUT2D eigenvalue weighted by Gasteiger charge is 1.95. The van der Waals surface area contributed by atoms with Crippen LogP contribution in [0.2, 0.25) is 0 Å². The molecule has 0 bridgehead atoms. The van der Waals surface area contributed by atoms with E-state index in [0.717, 1.165) is 12.8 Å². The van der Waals surface area contributed by atoms with Crippen LogP contribution in [0.4, 0.5) is 0 Å². The quantitative estimate of drug-likeness (QED) is 0.405. The molecular weight excluding hydrogens is 186 g/mol. The number of carbonyl (C=O) groups excluding carboxylic acids is 1. The molecule has 0 saturated carbocycles. The normalized spacial score (nSPS) is 12.3. The van der Waals surface area contributed by atoms with Crippen molar-refractivity contribution >= 4 is 5.91 Å². The molecule has 0 aliphatic carbocycles. The molecule has 1 amide bonds. The van der Waals surface area contributed by atoms with Crippen LogP contribution in [0.15, 0.2) is 36.5 Å². The highest BCUT2D eigenvalue weighted by atomic mass is 16.1. The number of allylic oxidation sites excluding steroid dienone is 5. The fourth-order valence-electron chi connectivity index (χ4n) is 1.00. The fourth-order valence-corrected chi connectivity index (χ4v) is 1.00. The molecule has 0 aliphatic heterocycles. The van der Waals surface area contributed by atoms with E-state index >= 15 is 0 Å². The Balaban J connectivity index is 3.58. The monoisotopic (exact) mass is 207 g/mol. The van der Waals surface area contributed by atoms with Crippen molar-refractivity contribution < 1.29 is 4.79 Å². The molecule has 2 nitrogen and oxygen atoms in total. The molecule has 0 saturated heterocycles. The van der Waals surface area contributed by atoms with E-state index < -0.39 is 0 Å². The second-order valence-electron chi connectivity index (χ2n) is 3.60. The van der Waals surface area contributed by atoms with Gasteiger partial charge in [-0.25, -0.2) is 0 Å². The molecule has 0 aromatic heterocycles. The summed E-state index contributed by atoms with van der Waals surface area (Å²) in [5, 5.41) is 2.80. The molecule has 1 N–H and O–H groups in total. The van der Waals surface area contributed by atoms with E-state index in [0.29, 0.717) is 0 Å². The third-order valence-corrected chi connectivity index (χ3v) is 1.64. The number of carbonyl (C=O) groups is 1. The minimum Gasteiger partial charge on any atom is -0.350 e. The van der Waals surface area contributed by atoms with Crippen LogP contribution in [0, 0.1) is 0 Å². The zero-order chi connectivity index (χ0) is 11.5. The van der Waals surface area contributed by atoms with Gasteiger partial charge < -0.3 is 5.32 Å². The highest BCUT2D eigenvalue weighted by molar-refractivity contribution is 5.87. The lowest BCUT2D eigenvalue weighted by atomic mass is 10.2. The van der Waals surface area contributed by atoms with Crippen LogP contribution in [-0.2, 0) is 4.79 Å². The van der Waals surface area contributed by atoms with E-state index in [9.17, 15) is 4.79 Å². The summed E-state index contributed by atoms with van der Waals surface area (Å²) in [5.74, 6) is -0.0116. The van der Waals surface area contributed by atoms with Gasteiger partial charge in [0.05, 0.1) is 0 Å². The lowest BCUT2D eigenvalue weighted by Gasteiger charge is -2.03. The highest BCUT2D eigenvalue weighted by Crippen LogP contribution is 1.93. The lowest BCUT2D eigenvalue weighted by molar-refractivity contribution is -0.116. The van der Waals surface area contributed by atoms with Crippen LogP contribution >= 0.6 is 0 Å². The summed E-state index contributed by atoms with van der Waals surface area (Å²) in [7, 11) is 0. The Bertz CT molecular complexity index is 249. The molecule has 0 heterocycles. The van der Waals surface area contributed by atoms with Crippen molar-refractivity contribution in [1.29, 1.82) is 0 Å². The Kier molecular flexibility index (Phi) is 8.44. The van der Waals surface area contributed by atoms with Crippen LogP contribution in [0.25, 0.3) is 0 Å². The average molecular weight is 207 g/mol. The summed E-state index contributed by atoms with van der Waals surface area (Å²) in [5.41, 5.74) is 0. The Labute approximate surface area is 92.8 Å². The number of hydrogen-bond donors (Lipinski definition) is 1. The minimum atomic E-state index is -0.0116. The topological polar surface area (TPSA) is 29.1 Å².